The molecule has 0 amide bonds. The van der Waals surface area contributed by atoms with Gasteiger partial charge in [0, 0.05) is 0 Å². The Balaban J connectivity index is -0.000000125. The number of hydrogen-bond donors (Lipinski definition) is 0. The highest BCUT2D eigenvalue weighted by molar-refractivity contribution is 8.93. The Morgan fingerprint density at radius 3 is 1.25 bits per heavy atom. The summed E-state index contributed by atoms with van der Waals surface area (Å²) in [6.45, 7) is 4.27. The number of rotatable bonds is 2. The molecule has 0 saturated heterocycles. The molecule has 0 aromatic rings. The van der Waals surface area contributed by atoms with Gasteiger partial charge in [0.2, 0.25) is 0 Å². The van der Waals surface area contributed by atoms with E-state index in [2.05, 4.69) is 18.7 Å². The summed E-state index contributed by atoms with van der Waals surface area (Å²) in [5.41, 5.74) is 4.42. The second-order valence-corrected chi connectivity index (χ2v) is 4.43. The zero-order valence-corrected chi connectivity index (χ0v) is 21.7. The molecule has 0 aromatic carbocycles. The molecule has 0 radical (unpaired) electrons. The van der Waals surface area contributed by atoms with Gasteiger partial charge in [-0.05, 0) is 68.1 Å². The first-order valence-corrected chi connectivity index (χ1v) is 5.95. The minimum absolute atomic E-state index is 0. The maximum Gasteiger partial charge on any atom is -0.0271 e. The largest absolute Gasteiger partial charge is 0.114 e. The van der Waals surface area contributed by atoms with Gasteiger partial charge in [-0.15, -0.1) is 102 Å². The van der Waals surface area contributed by atoms with Gasteiger partial charge in [-0.3, -0.25) is 0 Å². The standard InChI is InChI=1S/C14H20.6BrH/c1-12(13-8-4-2-5-9-13)14-10-6-3-7-11-14;;;;;;/h8,10H,1-7,9,11H2;6*1H. The SMILES string of the molecule is Br.Br.Br.Br.Br.Br.C=C(C1=CCCCC1)C1=CCCCC1. The first-order valence-electron chi connectivity index (χ1n) is 5.95. The Kier molecular flexibility index (Phi) is 32.2. The molecule has 0 fully saturated rings. The molecule has 0 nitrogen and oxygen atoms in total. The highest BCUT2D eigenvalue weighted by atomic mass is 79.9. The highest BCUT2D eigenvalue weighted by Crippen LogP contribution is 2.31. The molecule has 0 atom stereocenters. The summed E-state index contributed by atoms with van der Waals surface area (Å²) >= 11 is 0. The summed E-state index contributed by atoms with van der Waals surface area (Å²) in [4.78, 5) is 0. The predicted molar refractivity (Wildman–Crippen MR) is 124 cm³/mol. The molecule has 6 heteroatoms. The molecule has 0 unspecified atom stereocenters. The van der Waals surface area contributed by atoms with Crippen LogP contribution in [0.2, 0.25) is 0 Å². The van der Waals surface area contributed by atoms with E-state index in [1.807, 2.05) is 0 Å². The van der Waals surface area contributed by atoms with Crippen molar-refractivity contribution in [3.8, 4) is 0 Å². The highest BCUT2D eigenvalue weighted by Gasteiger charge is 2.12. The molecule has 0 heterocycles. The van der Waals surface area contributed by atoms with E-state index in [-0.39, 0.29) is 102 Å². The fourth-order valence-electron chi connectivity index (χ4n) is 2.43. The first kappa shape index (κ1) is 33.6. The van der Waals surface area contributed by atoms with Crippen LogP contribution in [0.25, 0.3) is 0 Å². The lowest BCUT2D eigenvalue weighted by Gasteiger charge is -2.20. The van der Waals surface area contributed by atoms with Crippen molar-refractivity contribution in [2.75, 3.05) is 0 Å². The quantitative estimate of drug-likeness (QED) is 0.279. The van der Waals surface area contributed by atoms with Crippen molar-refractivity contribution in [1.82, 2.24) is 0 Å². The molecule has 2 aliphatic rings. The normalized spacial score (nSPS) is 15.8. The van der Waals surface area contributed by atoms with Gasteiger partial charge < -0.3 is 0 Å². The van der Waals surface area contributed by atoms with Gasteiger partial charge in [0.15, 0.2) is 0 Å². The predicted octanol–water partition coefficient (Wildman–Crippen LogP) is 8.01. The van der Waals surface area contributed by atoms with E-state index in [1.54, 1.807) is 0 Å². The maximum atomic E-state index is 4.27. The smallest absolute Gasteiger partial charge is 0.0271 e. The van der Waals surface area contributed by atoms with Gasteiger partial charge in [0.1, 0.15) is 0 Å². The minimum Gasteiger partial charge on any atom is -0.114 e. The van der Waals surface area contributed by atoms with Crippen LogP contribution in [0.1, 0.15) is 51.4 Å². The van der Waals surface area contributed by atoms with Crippen LogP contribution in [-0.2, 0) is 0 Å². The molecule has 124 valence electrons. The zero-order valence-electron chi connectivity index (χ0n) is 11.5. The van der Waals surface area contributed by atoms with Gasteiger partial charge in [-0.1, -0.05) is 18.7 Å². The Labute approximate surface area is 186 Å². The van der Waals surface area contributed by atoms with Gasteiger partial charge in [-0.2, -0.15) is 0 Å². The molecule has 0 saturated carbocycles. The van der Waals surface area contributed by atoms with Gasteiger partial charge in [-0.25, -0.2) is 0 Å². The molecule has 2 aliphatic carbocycles. The average molecular weight is 674 g/mol. The Bertz CT molecular complexity index is 268. The van der Waals surface area contributed by atoms with Gasteiger partial charge >= 0.3 is 0 Å². The summed E-state index contributed by atoms with van der Waals surface area (Å²) in [6.07, 6.45) is 15.3. The molecular weight excluding hydrogens is 648 g/mol. The number of hydrogen-bond acceptors (Lipinski definition) is 0. The second-order valence-electron chi connectivity index (χ2n) is 4.43. The third-order valence-corrected chi connectivity index (χ3v) is 3.36. The van der Waals surface area contributed by atoms with Crippen molar-refractivity contribution in [2.45, 2.75) is 51.4 Å². The second kappa shape index (κ2) is 19.1. The van der Waals surface area contributed by atoms with Crippen LogP contribution in [-0.4, -0.2) is 0 Å². The van der Waals surface area contributed by atoms with E-state index < -0.39 is 0 Å². The van der Waals surface area contributed by atoms with E-state index in [4.69, 9.17) is 0 Å². The minimum atomic E-state index is 0. The molecule has 0 N–H and O–H groups in total. The van der Waals surface area contributed by atoms with Crippen molar-refractivity contribution in [1.29, 1.82) is 0 Å². The molecule has 2 rings (SSSR count). The number of halogens is 6. The molecule has 0 spiro atoms. The first-order chi connectivity index (χ1) is 6.88. The van der Waals surface area contributed by atoms with Crippen molar-refractivity contribution >= 4 is 102 Å². The summed E-state index contributed by atoms with van der Waals surface area (Å²) in [6, 6.07) is 0. The van der Waals surface area contributed by atoms with E-state index in [0.29, 0.717) is 0 Å². The summed E-state index contributed by atoms with van der Waals surface area (Å²) in [7, 11) is 0. The molecule has 0 aliphatic heterocycles. The van der Waals surface area contributed by atoms with Crippen LogP contribution in [0.5, 0.6) is 0 Å². The third-order valence-electron chi connectivity index (χ3n) is 3.36. The van der Waals surface area contributed by atoms with Gasteiger partial charge in [0.05, 0.1) is 0 Å². The topological polar surface area (TPSA) is 0 Å². The lowest BCUT2D eigenvalue weighted by molar-refractivity contribution is 0.687. The van der Waals surface area contributed by atoms with Crippen molar-refractivity contribution < 1.29 is 0 Å². The third kappa shape index (κ3) is 10.8. The van der Waals surface area contributed by atoms with Crippen LogP contribution in [0.4, 0.5) is 0 Å². The van der Waals surface area contributed by atoms with Crippen LogP contribution < -0.4 is 0 Å². The molecule has 0 bridgehead atoms. The van der Waals surface area contributed by atoms with Gasteiger partial charge in [0.25, 0.3) is 0 Å². The van der Waals surface area contributed by atoms with E-state index >= 15 is 0 Å². The Hall–Kier alpha value is 2.10. The van der Waals surface area contributed by atoms with Crippen molar-refractivity contribution in [3.05, 3.63) is 35.5 Å². The van der Waals surface area contributed by atoms with Crippen LogP contribution >= 0.6 is 102 Å². The fourth-order valence-corrected chi connectivity index (χ4v) is 2.43. The van der Waals surface area contributed by atoms with E-state index in [9.17, 15) is 0 Å². The van der Waals surface area contributed by atoms with E-state index in [1.165, 1.54) is 68.1 Å². The molecule has 20 heavy (non-hydrogen) atoms. The van der Waals surface area contributed by atoms with Crippen molar-refractivity contribution in [3.63, 3.8) is 0 Å². The van der Waals surface area contributed by atoms with Crippen LogP contribution in [0.15, 0.2) is 35.5 Å². The lowest BCUT2D eigenvalue weighted by atomic mass is 9.86. The Morgan fingerprint density at radius 1 is 0.650 bits per heavy atom. The van der Waals surface area contributed by atoms with Crippen molar-refractivity contribution in [2.24, 2.45) is 0 Å². The Morgan fingerprint density at radius 2 is 1.00 bits per heavy atom. The molecule has 0 aromatic heterocycles. The van der Waals surface area contributed by atoms with Crippen LogP contribution in [0.3, 0.4) is 0 Å². The lowest BCUT2D eigenvalue weighted by Crippen LogP contribution is -2.00. The van der Waals surface area contributed by atoms with E-state index in [0.717, 1.165) is 0 Å². The molecular formula is C14H26Br6. The summed E-state index contributed by atoms with van der Waals surface area (Å²) in [5, 5.41) is 0. The van der Waals surface area contributed by atoms with Crippen LogP contribution in [0, 0.1) is 0 Å². The monoisotopic (exact) mass is 668 g/mol. The summed E-state index contributed by atoms with van der Waals surface area (Å²) in [5.74, 6) is 0. The number of allylic oxidation sites excluding steroid dienone is 5. The maximum absolute atomic E-state index is 4.27. The average Bonchev–Trinajstić information content (AvgIpc) is 2.30. The zero-order chi connectivity index (χ0) is 9.80. The summed E-state index contributed by atoms with van der Waals surface area (Å²) < 4.78 is 0. The fraction of sp³-hybridized carbons (Fsp3) is 0.571.